The summed E-state index contributed by atoms with van der Waals surface area (Å²) in [5.41, 5.74) is 2.39. The number of hydrogen-bond donors (Lipinski definition) is 1. The number of alkyl halides is 3. The summed E-state index contributed by atoms with van der Waals surface area (Å²) in [5.74, 6) is 0.701. The van der Waals surface area contributed by atoms with Gasteiger partial charge in [-0.25, -0.2) is 0 Å². The van der Waals surface area contributed by atoms with Crippen molar-refractivity contribution < 1.29 is 17.9 Å². The number of halogens is 3. The monoisotopic (exact) mass is 320 g/mol. The van der Waals surface area contributed by atoms with Crippen LogP contribution in [-0.2, 0) is 6.18 Å². The van der Waals surface area contributed by atoms with Gasteiger partial charge in [0.15, 0.2) is 0 Å². The molecule has 0 aliphatic rings. The lowest BCUT2D eigenvalue weighted by molar-refractivity contribution is -0.136. The van der Waals surface area contributed by atoms with E-state index < -0.39 is 11.7 Å². The molecule has 2 aromatic rings. The number of rotatable bonds is 5. The average Bonchev–Trinajstić information content (AvgIpc) is 2.54. The number of hydrazone groups is 1. The van der Waals surface area contributed by atoms with Gasteiger partial charge in [-0.1, -0.05) is 30.3 Å². The molecule has 23 heavy (non-hydrogen) atoms. The summed E-state index contributed by atoms with van der Waals surface area (Å²) in [6.45, 7) is 0. The van der Waals surface area contributed by atoms with Crippen molar-refractivity contribution in [1.29, 1.82) is 0 Å². The van der Waals surface area contributed by atoms with E-state index >= 15 is 0 Å². The smallest absolute Gasteiger partial charge is 0.418 e. The first-order valence-electron chi connectivity index (χ1n) is 6.77. The van der Waals surface area contributed by atoms with Crippen molar-refractivity contribution in [2.45, 2.75) is 6.18 Å². The zero-order valence-corrected chi connectivity index (χ0v) is 12.3. The highest BCUT2D eigenvalue weighted by Gasteiger charge is 2.33. The summed E-state index contributed by atoms with van der Waals surface area (Å²) in [7, 11) is 1.57. The maximum Gasteiger partial charge on any atom is 0.418 e. The Morgan fingerprint density at radius 2 is 1.74 bits per heavy atom. The fourth-order valence-electron chi connectivity index (χ4n) is 1.93. The van der Waals surface area contributed by atoms with E-state index in [4.69, 9.17) is 4.74 Å². The first-order valence-corrected chi connectivity index (χ1v) is 6.77. The number of nitrogens with one attached hydrogen (secondary N) is 1. The van der Waals surface area contributed by atoms with E-state index in [1.807, 2.05) is 24.3 Å². The molecule has 0 spiro atoms. The third-order valence-electron chi connectivity index (χ3n) is 2.99. The van der Waals surface area contributed by atoms with Crippen molar-refractivity contribution in [1.82, 2.24) is 0 Å². The third kappa shape index (κ3) is 4.60. The second-order valence-corrected chi connectivity index (χ2v) is 4.53. The van der Waals surface area contributed by atoms with Gasteiger partial charge >= 0.3 is 6.18 Å². The normalized spacial score (nSPS) is 12.0. The van der Waals surface area contributed by atoms with Crippen LogP contribution < -0.4 is 10.2 Å². The number of benzene rings is 2. The van der Waals surface area contributed by atoms with Crippen LogP contribution in [0.1, 0.15) is 11.1 Å². The van der Waals surface area contributed by atoms with Gasteiger partial charge in [-0.05, 0) is 30.4 Å². The Kier molecular flexibility index (Phi) is 5.41. The summed E-state index contributed by atoms with van der Waals surface area (Å²) >= 11 is 0. The Morgan fingerprint density at radius 3 is 2.48 bits per heavy atom. The number of para-hydroxylation sites is 2. The molecule has 1 N–H and O–H groups in total. The molecule has 0 saturated heterocycles. The quantitative estimate of drug-likeness (QED) is 0.632. The second-order valence-electron chi connectivity index (χ2n) is 4.53. The molecule has 0 heterocycles. The minimum atomic E-state index is -4.42. The molecule has 6 heteroatoms. The second kappa shape index (κ2) is 7.49. The molecule has 2 rings (SSSR count). The molecule has 0 saturated carbocycles. The van der Waals surface area contributed by atoms with Crippen molar-refractivity contribution in [2.75, 3.05) is 12.5 Å². The zero-order valence-electron chi connectivity index (χ0n) is 12.3. The van der Waals surface area contributed by atoms with Crippen LogP contribution in [0.5, 0.6) is 5.75 Å². The van der Waals surface area contributed by atoms with Gasteiger partial charge in [-0.15, -0.1) is 0 Å². The van der Waals surface area contributed by atoms with E-state index in [1.54, 1.807) is 19.3 Å². The van der Waals surface area contributed by atoms with Crippen molar-refractivity contribution in [2.24, 2.45) is 5.10 Å². The highest BCUT2D eigenvalue weighted by Crippen LogP contribution is 2.34. The minimum Gasteiger partial charge on any atom is -0.496 e. The average molecular weight is 320 g/mol. The van der Waals surface area contributed by atoms with Crippen molar-refractivity contribution in [3.8, 4) is 5.75 Å². The Bertz CT molecular complexity index is 709. The van der Waals surface area contributed by atoms with Gasteiger partial charge in [0.1, 0.15) is 5.75 Å². The van der Waals surface area contributed by atoms with Crippen LogP contribution in [0.15, 0.2) is 59.7 Å². The van der Waals surface area contributed by atoms with E-state index in [1.165, 1.54) is 24.4 Å². The molecule has 0 bridgehead atoms. The number of hydrogen-bond acceptors (Lipinski definition) is 3. The fraction of sp³-hybridized carbons (Fsp3) is 0.118. The first-order chi connectivity index (χ1) is 11.0. The van der Waals surface area contributed by atoms with Crippen LogP contribution in [-0.4, -0.2) is 13.3 Å². The highest BCUT2D eigenvalue weighted by atomic mass is 19.4. The summed E-state index contributed by atoms with van der Waals surface area (Å²) in [6.07, 6.45) is 0.312. The van der Waals surface area contributed by atoms with Crippen LogP contribution in [0.4, 0.5) is 18.9 Å². The molecule has 0 aliphatic carbocycles. The molecule has 0 radical (unpaired) electrons. The first kappa shape index (κ1) is 16.6. The van der Waals surface area contributed by atoms with Crippen molar-refractivity contribution in [3.05, 3.63) is 65.7 Å². The Morgan fingerprint density at radius 1 is 1.04 bits per heavy atom. The number of nitrogens with zero attached hydrogens (tertiary/aromatic N) is 1. The van der Waals surface area contributed by atoms with E-state index in [9.17, 15) is 13.2 Å². The van der Waals surface area contributed by atoms with Gasteiger partial charge in [0.25, 0.3) is 0 Å². The maximum atomic E-state index is 12.8. The van der Waals surface area contributed by atoms with Gasteiger partial charge in [0.05, 0.1) is 18.4 Å². The summed E-state index contributed by atoms with van der Waals surface area (Å²) < 4.78 is 43.6. The minimum absolute atomic E-state index is 0.0954. The van der Waals surface area contributed by atoms with E-state index in [0.717, 1.165) is 11.6 Å². The Balaban J connectivity index is 2.04. The molecule has 0 amide bonds. The molecule has 0 aromatic heterocycles. The molecule has 0 atom stereocenters. The van der Waals surface area contributed by atoms with Crippen LogP contribution >= 0.6 is 0 Å². The summed E-state index contributed by atoms with van der Waals surface area (Å²) in [6, 6.07) is 12.5. The van der Waals surface area contributed by atoms with E-state index in [0.29, 0.717) is 5.75 Å². The molecule has 0 aliphatic heterocycles. The van der Waals surface area contributed by atoms with Crippen molar-refractivity contribution >= 4 is 18.0 Å². The van der Waals surface area contributed by atoms with Crippen LogP contribution in [0.3, 0.4) is 0 Å². The zero-order chi connectivity index (χ0) is 16.7. The topological polar surface area (TPSA) is 33.6 Å². The van der Waals surface area contributed by atoms with Gasteiger partial charge < -0.3 is 4.74 Å². The van der Waals surface area contributed by atoms with E-state index in [-0.39, 0.29) is 5.69 Å². The van der Waals surface area contributed by atoms with Gasteiger partial charge in [-0.2, -0.15) is 18.3 Å². The summed E-state index contributed by atoms with van der Waals surface area (Å²) in [4.78, 5) is 0. The molecular weight excluding hydrogens is 305 g/mol. The lowest BCUT2D eigenvalue weighted by Crippen LogP contribution is -2.08. The molecule has 0 unspecified atom stereocenters. The largest absolute Gasteiger partial charge is 0.496 e. The maximum absolute atomic E-state index is 12.8. The predicted molar refractivity (Wildman–Crippen MR) is 85.6 cm³/mol. The molecular formula is C17H15F3N2O. The van der Waals surface area contributed by atoms with Crippen molar-refractivity contribution in [3.63, 3.8) is 0 Å². The molecule has 120 valence electrons. The Labute approximate surface area is 132 Å². The highest BCUT2D eigenvalue weighted by molar-refractivity contribution is 5.80. The van der Waals surface area contributed by atoms with Gasteiger partial charge in [0.2, 0.25) is 0 Å². The fourth-order valence-corrected chi connectivity index (χ4v) is 1.93. The van der Waals surface area contributed by atoms with Gasteiger partial charge in [0, 0.05) is 11.8 Å². The lowest BCUT2D eigenvalue weighted by Gasteiger charge is -2.11. The van der Waals surface area contributed by atoms with Gasteiger partial charge in [-0.3, -0.25) is 5.43 Å². The molecule has 2 aromatic carbocycles. The number of ether oxygens (including phenoxy) is 1. The Hall–Kier alpha value is -2.76. The van der Waals surface area contributed by atoms with Crippen LogP contribution in [0.25, 0.3) is 6.08 Å². The number of anilines is 1. The predicted octanol–water partition coefficient (Wildman–Crippen LogP) is 4.83. The van der Waals surface area contributed by atoms with E-state index in [2.05, 4.69) is 10.5 Å². The third-order valence-corrected chi connectivity index (χ3v) is 2.99. The molecule has 0 fully saturated rings. The number of allylic oxidation sites excluding steroid dienone is 1. The standard InChI is InChI=1S/C17H15F3N2O/c1-23-16-11-5-2-7-13(16)8-6-12-21-22-15-10-4-3-9-14(15)17(18,19)20/h2-12,22H,1H3/b8-6+,21-12-. The SMILES string of the molecule is COc1ccccc1/C=C/C=N\Nc1ccccc1C(F)(F)F. The number of methoxy groups -OCH3 is 1. The lowest BCUT2D eigenvalue weighted by atomic mass is 10.2. The van der Waals surface area contributed by atoms with Crippen LogP contribution in [0, 0.1) is 0 Å². The van der Waals surface area contributed by atoms with Crippen LogP contribution in [0.2, 0.25) is 0 Å². The summed E-state index contributed by atoms with van der Waals surface area (Å²) in [5, 5.41) is 3.78. The molecule has 3 nitrogen and oxygen atoms in total.